The molecular formula is C16H30O. The van der Waals surface area contributed by atoms with Crippen LogP contribution in [0.2, 0.25) is 0 Å². The molecule has 0 bridgehead atoms. The lowest BCUT2D eigenvalue weighted by Gasteiger charge is -2.14. The second-order valence-corrected chi connectivity index (χ2v) is 4.86. The van der Waals surface area contributed by atoms with Crippen LogP contribution in [-0.4, -0.2) is 6.10 Å². The fourth-order valence-corrected chi connectivity index (χ4v) is 1.93. The Kier molecular flexibility index (Phi) is 11.3. The summed E-state index contributed by atoms with van der Waals surface area (Å²) in [4.78, 5) is 0. The molecule has 0 heterocycles. The maximum atomic E-state index is 5.55. The Balaban J connectivity index is 3.21. The van der Waals surface area contributed by atoms with Crippen LogP contribution in [0, 0.1) is 0 Å². The van der Waals surface area contributed by atoms with E-state index in [1.54, 1.807) is 6.08 Å². The third kappa shape index (κ3) is 11.5. The van der Waals surface area contributed by atoms with Gasteiger partial charge >= 0.3 is 0 Å². The zero-order chi connectivity index (χ0) is 12.9. The molecular weight excluding hydrogens is 208 g/mol. The van der Waals surface area contributed by atoms with Gasteiger partial charge in [0, 0.05) is 0 Å². The molecule has 0 aliphatic carbocycles. The van der Waals surface area contributed by atoms with Gasteiger partial charge in [-0.1, -0.05) is 65.0 Å². The van der Waals surface area contributed by atoms with Gasteiger partial charge < -0.3 is 4.74 Å². The van der Waals surface area contributed by atoms with Crippen LogP contribution < -0.4 is 0 Å². The predicted octanol–water partition coefficient (Wildman–Crippen LogP) is 5.62. The summed E-state index contributed by atoms with van der Waals surface area (Å²) in [6.07, 6.45) is 14.0. The molecule has 100 valence electrons. The van der Waals surface area contributed by atoms with Gasteiger partial charge in [-0.2, -0.15) is 0 Å². The molecule has 1 unspecified atom stereocenters. The molecule has 0 radical (unpaired) electrons. The second kappa shape index (κ2) is 11.8. The number of rotatable bonds is 12. The Morgan fingerprint density at radius 2 is 1.59 bits per heavy atom. The van der Waals surface area contributed by atoms with Crippen molar-refractivity contribution in [2.45, 2.75) is 77.7 Å². The zero-order valence-corrected chi connectivity index (χ0v) is 11.8. The summed E-state index contributed by atoms with van der Waals surface area (Å²) in [5.41, 5.74) is 0. The van der Waals surface area contributed by atoms with E-state index >= 15 is 0 Å². The molecule has 0 aromatic rings. The summed E-state index contributed by atoms with van der Waals surface area (Å²) in [6, 6.07) is 0. The Bertz CT molecular complexity index is 196. The third-order valence-electron chi connectivity index (χ3n) is 3.04. The number of hydrogen-bond donors (Lipinski definition) is 0. The van der Waals surface area contributed by atoms with Crippen molar-refractivity contribution < 1.29 is 4.74 Å². The summed E-state index contributed by atoms with van der Waals surface area (Å²) in [6.45, 7) is 11.8. The van der Waals surface area contributed by atoms with E-state index in [0.29, 0.717) is 5.76 Å². The maximum Gasteiger partial charge on any atom is 0.111 e. The smallest absolute Gasteiger partial charge is 0.111 e. The molecule has 0 aromatic heterocycles. The Hall–Kier alpha value is -0.720. The Morgan fingerprint density at radius 3 is 2.12 bits per heavy atom. The molecule has 0 saturated heterocycles. The fourth-order valence-electron chi connectivity index (χ4n) is 1.93. The van der Waals surface area contributed by atoms with Crippen molar-refractivity contribution in [3.8, 4) is 0 Å². The van der Waals surface area contributed by atoms with Crippen LogP contribution >= 0.6 is 0 Å². The van der Waals surface area contributed by atoms with Gasteiger partial charge in [0.15, 0.2) is 0 Å². The first-order valence-electron chi connectivity index (χ1n) is 7.18. The molecule has 0 fully saturated rings. The van der Waals surface area contributed by atoms with E-state index in [0.717, 1.165) is 6.42 Å². The Labute approximate surface area is 108 Å². The third-order valence-corrected chi connectivity index (χ3v) is 3.04. The largest absolute Gasteiger partial charge is 0.491 e. The predicted molar refractivity (Wildman–Crippen MR) is 77.1 cm³/mol. The van der Waals surface area contributed by atoms with Crippen LogP contribution in [0.5, 0.6) is 0 Å². The van der Waals surface area contributed by atoms with Crippen molar-refractivity contribution >= 4 is 0 Å². The van der Waals surface area contributed by atoms with E-state index in [2.05, 4.69) is 27.0 Å². The topological polar surface area (TPSA) is 9.23 Å². The van der Waals surface area contributed by atoms with Gasteiger partial charge in [-0.25, -0.2) is 0 Å². The minimum atomic E-state index is 0.278. The lowest BCUT2D eigenvalue weighted by Crippen LogP contribution is -2.06. The molecule has 0 N–H and O–H groups in total. The van der Waals surface area contributed by atoms with E-state index in [1.165, 1.54) is 51.4 Å². The van der Waals surface area contributed by atoms with E-state index in [4.69, 9.17) is 4.74 Å². The molecule has 0 rings (SSSR count). The van der Waals surface area contributed by atoms with Gasteiger partial charge in [0.05, 0.1) is 6.10 Å². The van der Waals surface area contributed by atoms with Gasteiger partial charge in [-0.15, -0.1) is 0 Å². The molecule has 0 saturated carbocycles. The number of unbranched alkanes of at least 4 members (excludes halogenated alkanes) is 7. The monoisotopic (exact) mass is 238 g/mol. The maximum absolute atomic E-state index is 5.55. The standard InChI is InChI=1S/C16H30O/c1-5-7-8-9-10-11-12-13-14-16(4)17-15(3)6-2/h6,16H,2-3,5,7-14H2,1,4H3. The molecule has 0 spiro atoms. The van der Waals surface area contributed by atoms with Crippen molar-refractivity contribution in [2.24, 2.45) is 0 Å². The highest BCUT2D eigenvalue weighted by molar-refractivity contribution is 5.02. The highest BCUT2D eigenvalue weighted by Gasteiger charge is 2.02. The van der Waals surface area contributed by atoms with E-state index < -0.39 is 0 Å². The van der Waals surface area contributed by atoms with E-state index in [-0.39, 0.29) is 6.10 Å². The van der Waals surface area contributed by atoms with Crippen LogP contribution in [0.4, 0.5) is 0 Å². The zero-order valence-electron chi connectivity index (χ0n) is 11.8. The highest BCUT2D eigenvalue weighted by Crippen LogP contribution is 2.13. The number of allylic oxidation sites excluding steroid dienone is 1. The molecule has 0 aromatic carbocycles. The average molecular weight is 238 g/mol. The first kappa shape index (κ1) is 16.3. The molecule has 0 aliphatic heterocycles. The summed E-state index contributed by atoms with van der Waals surface area (Å²) < 4.78 is 5.55. The van der Waals surface area contributed by atoms with E-state index in [9.17, 15) is 0 Å². The van der Waals surface area contributed by atoms with Gasteiger partial charge in [-0.3, -0.25) is 0 Å². The average Bonchev–Trinajstić information content (AvgIpc) is 2.32. The van der Waals surface area contributed by atoms with Crippen LogP contribution in [0.15, 0.2) is 25.0 Å². The quantitative estimate of drug-likeness (QED) is 0.243. The van der Waals surface area contributed by atoms with Crippen LogP contribution in [0.3, 0.4) is 0 Å². The molecule has 1 nitrogen and oxygen atoms in total. The fraction of sp³-hybridized carbons (Fsp3) is 0.750. The van der Waals surface area contributed by atoms with Gasteiger partial charge in [0.25, 0.3) is 0 Å². The Morgan fingerprint density at radius 1 is 1.06 bits per heavy atom. The minimum Gasteiger partial charge on any atom is -0.491 e. The van der Waals surface area contributed by atoms with Gasteiger partial charge in [0.2, 0.25) is 0 Å². The summed E-state index contributed by atoms with van der Waals surface area (Å²) in [5.74, 6) is 0.692. The molecule has 0 aliphatic rings. The van der Waals surface area contributed by atoms with Crippen molar-refractivity contribution in [3.63, 3.8) is 0 Å². The van der Waals surface area contributed by atoms with Crippen LogP contribution in [-0.2, 0) is 4.74 Å². The van der Waals surface area contributed by atoms with Gasteiger partial charge in [0.1, 0.15) is 5.76 Å². The molecule has 1 atom stereocenters. The highest BCUT2D eigenvalue weighted by atomic mass is 16.5. The van der Waals surface area contributed by atoms with Gasteiger partial charge in [-0.05, 0) is 25.8 Å². The van der Waals surface area contributed by atoms with Crippen LogP contribution in [0.25, 0.3) is 0 Å². The van der Waals surface area contributed by atoms with Crippen molar-refractivity contribution in [1.29, 1.82) is 0 Å². The first-order valence-corrected chi connectivity index (χ1v) is 7.18. The second-order valence-electron chi connectivity index (χ2n) is 4.86. The minimum absolute atomic E-state index is 0.278. The summed E-state index contributed by atoms with van der Waals surface area (Å²) >= 11 is 0. The van der Waals surface area contributed by atoms with Crippen molar-refractivity contribution in [2.75, 3.05) is 0 Å². The normalized spacial score (nSPS) is 12.1. The first-order chi connectivity index (χ1) is 8.20. The van der Waals surface area contributed by atoms with Crippen molar-refractivity contribution in [3.05, 3.63) is 25.0 Å². The summed E-state index contributed by atoms with van der Waals surface area (Å²) in [5, 5.41) is 0. The molecule has 1 heteroatoms. The molecule has 17 heavy (non-hydrogen) atoms. The number of hydrogen-bond acceptors (Lipinski definition) is 1. The molecule has 0 amide bonds. The van der Waals surface area contributed by atoms with E-state index in [1.807, 2.05) is 0 Å². The van der Waals surface area contributed by atoms with Crippen molar-refractivity contribution in [1.82, 2.24) is 0 Å². The lowest BCUT2D eigenvalue weighted by atomic mass is 10.1. The SMILES string of the molecule is C=CC(=C)OC(C)CCCCCCCCCC. The summed E-state index contributed by atoms with van der Waals surface area (Å²) in [7, 11) is 0. The number of ether oxygens (including phenoxy) is 1. The van der Waals surface area contributed by atoms with Crippen LogP contribution in [0.1, 0.15) is 71.6 Å². The lowest BCUT2D eigenvalue weighted by molar-refractivity contribution is 0.131.